The van der Waals surface area contributed by atoms with Gasteiger partial charge in [-0.25, -0.2) is 0 Å². The average molecular weight is 438 g/mol. The molecule has 0 aliphatic carbocycles. The normalized spacial score (nSPS) is 21.5. The number of rotatable bonds is 7. The van der Waals surface area contributed by atoms with Gasteiger partial charge in [0.1, 0.15) is 0 Å². The van der Waals surface area contributed by atoms with E-state index in [1.54, 1.807) is 13.2 Å². The maximum absolute atomic E-state index is 12.7. The summed E-state index contributed by atoms with van der Waals surface area (Å²) in [5.74, 6) is 1.33. The molecule has 6 nitrogen and oxygen atoms in total. The minimum absolute atomic E-state index is 0.0648. The van der Waals surface area contributed by atoms with Crippen molar-refractivity contribution in [2.45, 2.75) is 51.1 Å². The number of phenolic OH excluding ortho intramolecular Hbond substituents is 1. The van der Waals surface area contributed by atoms with E-state index in [0.29, 0.717) is 29.2 Å². The number of phenols is 1. The van der Waals surface area contributed by atoms with Crippen molar-refractivity contribution in [2.75, 3.05) is 47.4 Å². The number of carbonyl (C=O) groups excluding carboxylic acids is 1. The summed E-state index contributed by atoms with van der Waals surface area (Å²) >= 11 is 6.34. The molecular formula is C23H36ClN3O3. The Morgan fingerprint density at radius 2 is 2.00 bits per heavy atom. The molecular weight excluding hydrogens is 402 g/mol. The molecule has 1 aromatic carbocycles. The van der Waals surface area contributed by atoms with E-state index in [2.05, 4.69) is 16.8 Å². The molecule has 3 rings (SSSR count). The SMILES string of the molecule is COc1cc(CN2CCCC(CCC(=O)N(C)C3CCN(C)CC3)C2)c(Cl)cc1O. The zero-order chi connectivity index (χ0) is 21.7. The van der Waals surface area contributed by atoms with Crippen LogP contribution in [0.1, 0.15) is 44.1 Å². The quantitative estimate of drug-likeness (QED) is 0.706. The maximum Gasteiger partial charge on any atom is 0.222 e. The second-order valence-electron chi connectivity index (χ2n) is 8.94. The number of hydrogen-bond acceptors (Lipinski definition) is 5. The van der Waals surface area contributed by atoms with Crippen LogP contribution in [-0.2, 0) is 11.3 Å². The lowest BCUT2D eigenvalue weighted by molar-refractivity contribution is -0.133. The van der Waals surface area contributed by atoms with Gasteiger partial charge < -0.3 is 19.6 Å². The predicted molar refractivity (Wildman–Crippen MR) is 120 cm³/mol. The van der Waals surface area contributed by atoms with E-state index in [1.807, 2.05) is 18.0 Å². The van der Waals surface area contributed by atoms with Gasteiger partial charge in [-0.3, -0.25) is 9.69 Å². The number of piperidine rings is 2. The van der Waals surface area contributed by atoms with Gasteiger partial charge in [-0.05, 0) is 76.3 Å². The van der Waals surface area contributed by atoms with Crippen molar-refractivity contribution in [2.24, 2.45) is 5.92 Å². The molecule has 0 bridgehead atoms. The number of nitrogens with zero attached hydrogens (tertiary/aromatic N) is 3. The molecule has 2 saturated heterocycles. The van der Waals surface area contributed by atoms with Crippen molar-refractivity contribution < 1.29 is 14.6 Å². The first kappa shape index (κ1) is 23.2. The molecule has 2 aliphatic heterocycles. The molecule has 7 heteroatoms. The molecule has 0 radical (unpaired) electrons. The Kier molecular flexibility index (Phi) is 8.26. The van der Waals surface area contributed by atoms with E-state index < -0.39 is 0 Å². The van der Waals surface area contributed by atoms with Gasteiger partial charge in [0, 0.05) is 43.7 Å². The van der Waals surface area contributed by atoms with Crippen molar-refractivity contribution in [3.05, 3.63) is 22.7 Å². The third-order valence-corrected chi connectivity index (χ3v) is 7.09. The number of carbonyl (C=O) groups is 1. The Labute approximate surface area is 185 Å². The summed E-state index contributed by atoms with van der Waals surface area (Å²) < 4.78 is 5.22. The first-order valence-corrected chi connectivity index (χ1v) is 11.5. The lowest BCUT2D eigenvalue weighted by Crippen LogP contribution is -2.44. The lowest BCUT2D eigenvalue weighted by Gasteiger charge is -2.36. The van der Waals surface area contributed by atoms with Gasteiger partial charge in [0.2, 0.25) is 5.91 Å². The minimum Gasteiger partial charge on any atom is -0.504 e. The second kappa shape index (κ2) is 10.7. The fourth-order valence-corrected chi connectivity index (χ4v) is 4.95. The van der Waals surface area contributed by atoms with Gasteiger partial charge in [0.05, 0.1) is 7.11 Å². The third kappa shape index (κ3) is 6.02. The fraction of sp³-hybridized carbons (Fsp3) is 0.696. The summed E-state index contributed by atoms with van der Waals surface area (Å²) in [7, 11) is 5.67. The zero-order valence-electron chi connectivity index (χ0n) is 18.6. The first-order valence-electron chi connectivity index (χ1n) is 11.1. The van der Waals surface area contributed by atoms with Crippen LogP contribution < -0.4 is 4.74 Å². The third-order valence-electron chi connectivity index (χ3n) is 6.74. The summed E-state index contributed by atoms with van der Waals surface area (Å²) in [6.45, 7) is 4.88. The Balaban J connectivity index is 1.48. The molecule has 1 unspecified atom stereocenters. The van der Waals surface area contributed by atoms with Crippen LogP contribution >= 0.6 is 11.6 Å². The van der Waals surface area contributed by atoms with E-state index in [0.717, 1.165) is 64.0 Å². The molecule has 30 heavy (non-hydrogen) atoms. The van der Waals surface area contributed by atoms with Crippen LogP contribution in [0.2, 0.25) is 5.02 Å². The topological polar surface area (TPSA) is 56.2 Å². The van der Waals surface area contributed by atoms with Crippen molar-refractivity contribution in [3.63, 3.8) is 0 Å². The smallest absolute Gasteiger partial charge is 0.222 e. The number of likely N-dealkylation sites (tertiary alicyclic amines) is 2. The van der Waals surface area contributed by atoms with Crippen LogP contribution in [0, 0.1) is 5.92 Å². The molecule has 1 N–H and O–H groups in total. The fourth-order valence-electron chi connectivity index (χ4n) is 4.73. The molecule has 1 aromatic rings. The average Bonchev–Trinajstić information content (AvgIpc) is 2.74. The van der Waals surface area contributed by atoms with E-state index >= 15 is 0 Å². The number of ether oxygens (including phenoxy) is 1. The van der Waals surface area contributed by atoms with E-state index in [1.165, 1.54) is 6.42 Å². The van der Waals surface area contributed by atoms with Crippen LogP contribution in [0.3, 0.4) is 0 Å². The summed E-state index contributed by atoms with van der Waals surface area (Å²) in [4.78, 5) is 19.5. The van der Waals surface area contributed by atoms with Gasteiger partial charge in [0.15, 0.2) is 11.5 Å². The van der Waals surface area contributed by atoms with Gasteiger partial charge >= 0.3 is 0 Å². The molecule has 0 spiro atoms. The van der Waals surface area contributed by atoms with Gasteiger partial charge in [-0.15, -0.1) is 0 Å². The standard InChI is InChI=1S/C23H36ClN3O3/c1-25-11-8-19(9-12-25)26(2)23(29)7-6-17-5-4-10-27(15-17)16-18-13-22(30-3)21(28)14-20(18)24/h13-14,17,19,28H,4-12,15-16H2,1-3H3. The van der Waals surface area contributed by atoms with Gasteiger partial charge in [0.25, 0.3) is 0 Å². The Morgan fingerprint density at radius 3 is 2.70 bits per heavy atom. The minimum atomic E-state index is 0.0648. The number of halogens is 1. The molecule has 168 valence electrons. The summed E-state index contributed by atoms with van der Waals surface area (Å²) in [5, 5.41) is 10.4. The molecule has 2 aliphatic rings. The van der Waals surface area contributed by atoms with E-state index in [4.69, 9.17) is 16.3 Å². The second-order valence-corrected chi connectivity index (χ2v) is 9.34. The monoisotopic (exact) mass is 437 g/mol. The highest BCUT2D eigenvalue weighted by atomic mass is 35.5. The van der Waals surface area contributed by atoms with Crippen molar-refractivity contribution in [3.8, 4) is 11.5 Å². The van der Waals surface area contributed by atoms with Crippen LogP contribution in [0.25, 0.3) is 0 Å². The summed E-state index contributed by atoms with van der Waals surface area (Å²) in [6, 6.07) is 3.76. The Hall–Kier alpha value is -1.50. The highest BCUT2D eigenvalue weighted by Gasteiger charge is 2.26. The Morgan fingerprint density at radius 1 is 1.27 bits per heavy atom. The highest BCUT2D eigenvalue weighted by molar-refractivity contribution is 6.31. The molecule has 0 aromatic heterocycles. The van der Waals surface area contributed by atoms with E-state index in [-0.39, 0.29) is 11.7 Å². The number of amides is 1. The van der Waals surface area contributed by atoms with Crippen LogP contribution in [0.5, 0.6) is 11.5 Å². The van der Waals surface area contributed by atoms with Crippen molar-refractivity contribution >= 4 is 17.5 Å². The van der Waals surface area contributed by atoms with Gasteiger partial charge in [-0.2, -0.15) is 0 Å². The number of methoxy groups -OCH3 is 1. The van der Waals surface area contributed by atoms with Gasteiger partial charge in [-0.1, -0.05) is 11.6 Å². The summed E-state index contributed by atoms with van der Waals surface area (Å²) in [5.41, 5.74) is 0.963. The summed E-state index contributed by atoms with van der Waals surface area (Å²) in [6.07, 6.45) is 6.04. The molecule has 1 atom stereocenters. The van der Waals surface area contributed by atoms with Crippen LogP contribution in [0.15, 0.2) is 12.1 Å². The predicted octanol–water partition coefficient (Wildman–Crippen LogP) is 3.60. The zero-order valence-corrected chi connectivity index (χ0v) is 19.3. The number of aromatic hydroxyl groups is 1. The van der Waals surface area contributed by atoms with Crippen molar-refractivity contribution in [1.82, 2.24) is 14.7 Å². The Bertz CT molecular complexity index is 722. The van der Waals surface area contributed by atoms with Crippen LogP contribution in [-0.4, -0.2) is 79.1 Å². The van der Waals surface area contributed by atoms with Crippen LogP contribution in [0.4, 0.5) is 0 Å². The molecule has 0 saturated carbocycles. The van der Waals surface area contributed by atoms with Crippen molar-refractivity contribution in [1.29, 1.82) is 0 Å². The number of hydrogen-bond donors (Lipinski definition) is 1. The lowest BCUT2D eigenvalue weighted by atomic mass is 9.92. The molecule has 2 fully saturated rings. The first-order chi connectivity index (χ1) is 14.4. The number of benzene rings is 1. The molecule has 2 heterocycles. The largest absolute Gasteiger partial charge is 0.504 e. The van der Waals surface area contributed by atoms with E-state index in [9.17, 15) is 9.90 Å². The molecule has 1 amide bonds. The maximum atomic E-state index is 12.7. The highest BCUT2D eigenvalue weighted by Crippen LogP contribution is 2.33.